The predicted octanol–water partition coefficient (Wildman–Crippen LogP) is 3.56. The van der Waals surface area contributed by atoms with E-state index in [1.807, 2.05) is 6.08 Å². The highest BCUT2D eigenvalue weighted by atomic mass is 16.6. The van der Waals surface area contributed by atoms with Gasteiger partial charge in [-0.2, -0.15) is 0 Å². The fourth-order valence-corrected chi connectivity index (χ4v) is 4.03. The number of fused-ring (bicyclic) bond motifs is 1. The monoisotopic (exact) mass is 256 g/mol. The van der Waals surface area contributed by atoms with Gasteiger partial charge in [0.25, 0.3) is 0 Å². The Morgan fingerprint density at radius 1 is 1.32 bits per heavy atom. The molecule has 3 fully saturated rings. The van der Waals surface area contributed by atoms with Crippen LogP contribution in [0.1, 0.15) is 36.8 Å². The lowest BCUT2D eigenvalue weighted by Gasteiger charge is -2.26. The van der Waals surface area contributed by atoms with Gasteiger partial charge < -0.3 is 9.47 Å². The maximum atomic E-state index is 5.98. The molecule has 0 aromatic heterocycles. The quantitative estimate of drug-likeness (QED) is 0.751. The maximum absolute atomic E-state index is 5.98. The smallest absolute Gasteiger partial charge is 0.0955 e. The van der Waals surface area contributed by atoms with Crippen LogP contribution in [0.25, 0.3) is 6.08 Å². The van der Waals surface area contributed by atoms with Crippen LogP contribution < -0.4 is 0 Å². The Morgan fingerprint density at radius 3 is 2.79 bits per heavy atom. The topological polar surface area (TPSA) is 21.8 Å². The zero-order valence-electron chi connectivity index (χ0n) is 11.2. The van der Waals surface area contributed by atoms with Crippen molar-refractivity contribution in [3.05, 3.63) is 42.0 Å². The summed E-state index contributed by atoms with van der Waals surface area (Å²) < 4.78 is 11.8. The van der Waals surface area contributed by atoms with Gasteiger partial charge in [0.2, 0.25) is 0 Å². The molecule has 100 valence electrons. The average Bonchev–Trinajstić information content (AvgIpc) is 2.88. The standard InChI is InChI=1S/C17H20O2/c1-2-13-3-5-14(6-4-13)10-18-12-16-7-8-17(11-16)15(9-16)19-17/h2-6,15H,1,7-12H2. The molecule has 2 aliphatic carbocycles. The molecule has 3 atom stereocenters. The summed E-state index contributed by atoms with van der Waals surface area (Å²) in [6.07, 6.45) is 7.44. The minimum absolute atomic E-state index is 0.301. The lowest BCUT2D eigenvalue weighted by Crippen LogP contribution is -2.23. The van der Waals surface area contributed by atoms with Crippen LogP contribution >= 0.6 is 0 Å². The number of epoxide rings is 1. The van der Waals surface area contributed by atoms with Gasteiger partial charge in [-0.1, -0.05) is 36.9 Å². The lowest BCUT2D eigenvalue weighted by atomic mass is 9.85. The zero-order chi connectivity index (χ0) is 12.9. The van der Waals surface area contributed by atoms with E-state index in [0.717, 1.165) is 18.8 Å². The van der Waals surface area contributed by atoms with Crippen molar-refractivity contribution in [2.45, 2.75) is 44.0 Å². The van der Waals surface area contributed by atoms with Gasteiger partial charge in [0.05, 0.1) is 24.9 Å². The highest BCUT2D eigenvalue weighted by Gasteiger charge is 2.71. The first-order valence-electron chi connectivity index (χ1n) is 7.21. The van der Waals surface area contributed by atoms with Gasteiger partial charge in [-0.15, -0.1) is 0 Å². The molecule has 1 aliphatic heterocycles. The van der Waals surface area contributed by atoms with Crippen LogP contribution in [0.4, 0.5) is 0 Å². The van der Waals surface area contributed by atoms with Crippen LogP contribution in [0.15, 0.2) is 30.8 Å². The van der Waals surface area contributed by atoms with Crippen molar-refractivity contribution in [3.8, 4) is 0 Å². The Kier molecular flexibility index (Phi) is 2.42. The second kappa shape index (κ2) is 3.94. The fourth-order valence-electron chi connectivity index (χ4n) is 4.03. The van der Waals surface area contributed by atoms with Crippen LogP contribution in [0.2, 0.25) is 0 Å². The molecule has 4 rings (SSSR count). The summed E-state index contributed by atoms with van der Waals surface area (Å²) >= 11 is 0. The summed E-state index contributed by atoms with van der Waals surface area (Å²) in [6, 6.07) is 8.43. The van der Waals surface area contributed by atoms with E-state index in [9.17, 15) is 0 Å². The molecule has 2 bridgehead atoms. The summed E-state index contributed by atoms with van der Waals surface area (Å²) in [6.45, 7) is 5.39. The molecule has 0 radical (unpaired) electrons. The van der Waals surface area contributed by atoms with Crippen molar-refractivity contribution >= 4 is 6.08 Å². The van der Waals surface area contributed by atoms with E-state index in [0.29, 0.717) is 17.1 Å². The second-order valence-electron chi connectivity index (χ2n) is 6.49. The first-order valence-corrected chi connectivity index (χ1v) is 7.21. The largest absolute Gasteiger partial charge is 0.376 e. The van der Waals surface area contributed by atoms with Crippen LogP contribution in [0.3, 0.4) is 0 Å². The molecular formula is C17H20O2. The van der Waals surface area contributed by atoms with Gasteiger partial charge in [-0.05, 0) is 42.2 Å². The number of ether oxygens (including phenoxy) is 2. The molecule has 19 heavy (non-hydrogen) atoms. The van der Waals surface area contributed by atoms with Crippen LogP contribution in [0.5, 0.6) is 0 Å². The molecule has 1 aromatic carbocycles. The molecular weight excluding hydrogens is 236 g/mol. The molecule has 1 spiro atoms. The molecule has 0 amide bonds. The van der Waals surface area contributed by atoms with Crippen molar-refractivity contribution < 1.29 is 9.47 Å². The molecule has 2 heteroatoms. The average molecular weight is 256 g/mol. The minimum atomic E-state index is 0.301. The SMILES string of the molecule is C=Cc1ccc(COCC23CCC4(C2)OC4C3)cc1. The zero-order valence-corrected chi connectivity index (χ0v) is 11.2. The summed E-state index contributed by atoms with van der Waals surface area (Å²) in [5.41, 5.74) is 3.14. The molecule has 3 aliphatic rings. The van der Waals surface area contributed by atoms with E-state index in [1.165, 1.54) is 31.2 Å². The molecule has 1 saturated heterocycles. The van der Waals surface area contributed by atoms with E-state index >= 15 is 0 Å². The number of hydrogen-bond donors (Lipinski definition) is 0. The van der Waals surface area contributed by atoms with Crippen molar-refractivity contribution in [3.63, 3.8) is 0 Å². The Bertz CT molecular complexity index is 506. The highest BCUT2D eigenvalue weighted by molar-refractivity contribution is 5.47. The molecule has 1 heterocycles. The van der Waals surface area contributed by atoms with Crippen molar-refractivity contribution in [2.24, 2.45) is 5.41 Å². The fraction of sp³-hybridized carbons (Fsp3) is 0.529. The Morgan fingerprint density at radius 2 is 2.16 bits per heavy atom. The summed E-state index contributed by atoms with van der Waals surface area (Å²) in [7, 11) is 0. The molecule has 2 nitrogen and oxygen atoms in total. The Labute approximate surface area is 114 Å². The van der Waals surface area contributed by atoms with E-state index in [4.69, 9.17) is 9.47 Å². The van der Waals surface area contributed by atoms with Crippen molar-refractivity contribution in [2.75, 3.05) is 6.61 Å². The van der Waals surface area contributed by atoms with Crippen LogP contribution in [-0.4, -0.2) is 18.3 Å². The summed E-state index contributed by atoms with van der Waals surface area (Å²) in [5.74, 6) is 0. The van der Waals surface area contributed by atoms with Gasteiger partial charge in [-0.25, -0.2) is 0 Å². The first kappa shape index (κ1) is 11.7. The van der Waals surface area contributed by atoms with Gasteiger partial charge in [0.15, 0.2) is 0 Å². The van der Waals surface area contributed by atoms with E-state index in [-0.39, 0.29) is 0 Å². The van der Waals surface area contributed by atoms with Crippen molar-refractivity contribution in [1.29, 1.82) is 0 Å². The molecule has 0 N–H and O–H groups in total. The van der Waals surface area contributed by atoms with Crippen LogP contribution in [0, 0.1) is 5.41 Å². The number of benzene rings is 1. The first-order chi connectivity index (χ1) is 9.24. The number of hydrogen-bond acceptors (Lipinski definition) is 2. The van der Waals surface area contributed by atoms with E-state index < -0.39 is 0 Å². The van der Waals surface area contributed by atoms with Gasteiger partial charge in [0, 0.05) is 0 Å². The van der Waals surface area contributed by atoms with E-state index in [2.05, 4.69) is 30.8 Å². The minimum Gasteiger partial charge on any atom is -0.376 e. The van der Waals surface area contributed by atoms with E-state index in [1.54, 1.807) is 0 Å². The third kappa shape index (κ3) is 1.86. The third-order valence-electron chi connectivity index (χ3n) is 5.17. The van der Waals surface area contributed by atoms with Gasteiger partial charge in [0.1, 0.15) is 0 Å². The Balaban J connectivity index is 1.32. The maximum Gasteiger partial charge on any atom is 0.0955 e. The van der Waals surface area contributed by atoms with Gasteiger partial charge in [-0.3, -0.25) is 0 Å². The van der Waals surface area contributed by atoms with Crippen molar-refractivity contribution in [1.82, 2.24) is 0 Å². The Hall–Kier alpha value is -1.12. The summed E-state index contributed by atoms with van der Waals surface area (Å²) in [4.78, 5) is 0. The normalized spacial score (nSPS) is 38.2. The molecule has 1 aromatic rings. The summed E-state index contributed by atoms with van der Waals surface area (Å²) in [5, 5.41) is 0. The van der Waals surface area contributed by atoms with Gasteiger partial charge >= 0.3 is 0 Å². The molecule has 3 unspecified atom stereocenters. The number of rotatable bonds is 5. The second-order valence-corrected chi connectivity index (χ2v) is 6.49. The predicted molar refractivity (Wildman–Crippen MR) is 74.7 cm³/mol. The lowest BCUT2D eigenvalue weighted by molar-refractivity contribution is 0.0248. The third-order valence-corrected chi connectivity index (χ3v) is 5.17. The highest BCUT2D eigenvalue weighted by Crippen LogP contribution is 2.67. The van der Waals surface area contributed by atoms with Crippen LogP contribution in [-0.2, 0) is 16.1 Å². The molecule has 2 saturated carbocycles.